The Bertz CT molecular complexity index is 1060. The summed E-state index contributed by atoms with van der Waals surface area (Å²) in [4.78, 5) is 46.2. The van der Waals surface area contributed by atoms with Crippen LogP contribution in [0.15, 0.2) is 0 Å². The molecule has 12 heteroatoms. The average Bonchev–Trinajstić information content (AvgIpc) is 3.25. The van der Waals surface area contributed by atoms with Gasteiger partial charge in [-0.2, -0.15) is 0 Å². The molecule has 0 aliphatic rings. The second-order valence-electron chi connectivity index (χ2n) is 18.0. The largest absolute Gasteiger partial charge is 0.480 e. The number of phosphoric ester groups is 1. The predicted octanol–water partition coefficient (Wildman–Crippen LogP) is 14.6. The summed E-state index contributed by atoms with van der Waals surface area (Å²) >= 11 is 0. The lowest BCUT2D eigenvalue weighted by Crippen LogP contribution is -2.34. The van der Waals surface area contributed by atoms with Crippen LogP contribution >= 0.6 is 7.82 Å². The molecular weight excluding hydrogens is 806 g/mol. The highest BCUT2D eigenvalue weighted by molar-refractivity contribution is 7.47. The van der Waals surface area contributed by atoms with E-state index in [-0.39, 0.29) is 19.4 Å². The summed E-state index contributed by atoms with van der Waals surface area (Å²) in [6.45, 7) is 2.87. The molecule has 0 bridgehead atoms. The monoisotopic (exact) mass is 904 g/mol. The van der Waals surface area contributed by atoms with Gasteiger partial charge in [-0.05, 0) is 12.8 Å². The van der Waals surface area contributed by atoms with Crippen molar-refractivity contribution in [2.24, 2.45) is 5.73 Å². The first-order chi connectivity index (χ1) is 30.1. The van der Waals surface area contributed by atoms with E-state index in [2.05, 4.69) is 18.4 Å². The van der Waals surface area contributed by atoms with Crippen molar-refractivity contribution in [3.8, 4) is 0 Å². The number of carbonyl (C=O) groups excluding carboxylic acids is 2. The van der Waals surface area contributed by atoms with Gasteiger partial charge in [0.15, 0.2) is 6.10 Å². The number of carboxylic acid groups (broad SMARTS) is 1. The number of hydrogen-bond acceptors (Lipinski definition) is 9. The van der Waals surface area contributed by atoms with E-state index >= 15 is 0 Å². The number of phosphoric acid groups is 1. The van der Waals surface area contributed by atoms with E-state index in [1.165, 1.54) is 193 Å². The average molecular weight is 904 g/mol. The molecule has 4 N–H and O–H groups in total. The van der Waals surface area contributed by atoms with Crippen LogP contribution < -0.4 is 5.73 Å². The highest BCUT2D eigenvalue weighted by Gasteiger charge is 2.28. The molecule has 0 fully saturated rings. The van der Waals surface area contributed by atoms with Crippen molar-refractivity contribution in [1.82, 2.24) is 0 Å². The summed E-state index contributed by atoms with van der Waals surface area (Å²) < 4.78 is 32.9. The molecule has 0 aliphatic carbocycles. The molecule has 0 radical (unpaired) electrons. The molecule has 62 heavy (non-hydrogen) atoms. The van der Waals surface area contributed by atoms with Gasteiger partial charge in [-0.15, -0.1) is 0 Å². The fraction of sp³-hybridized carbons (Fsp3) is 0.940. The molecule has 0 aliphatic heterocycles. The third kappa shape index (κ3) is 45.1. The van der Waals surface area contributed by atoms with Crippen molar-refractivity contribution < 1.29 is 47.5 Å². The SMILES string of the molecule is CCCCCCCCCCCCCCCCCCCCCCCCCC(=O)OC(COC(=O)CCCCCCCCCCCCCCCCC)COP(=O)(O)OCC(N)C(=O)O. The zero-order chi connectivity index (χ0) is 45.6. The van der Waals surface area contributed by atoms with Crippen LogP contribution in [0.1, 0.15) is 271 Å². The molecule has 3 atom stereocenters. The molecule has 11 nitrogen and oxygen atoms in total. The van der Waals surface area contributed by atoms with Crippen LogP contribution in [0.25, 0.3) is 0 Å². The number of carbonyl (C=O) groups is 3. The fourth-order valence-electron chi connectivity index (χ4n) is 7.77. The van der Waals surface area contributed by atoms with Gasteiger partial charge in [0.1, 0.15) is 12.6 Å². The maximum atomic E-state index is 12.7. The molecule has 0 amide bonds. The van der Waals surface area contributed by atoms with Crippen LogP contribution in [0.2, 0.25) is 0 Å². The Hall–Kier alpha value is -1.52. The molecule has 0 aromatic heterocycles. The smallest absolute Gasteiger partial charge is 0.472 e. The normalized spacial score (nSPS) is 13.5. The van der Waals surface area contributed by atoms with Gasteiger partial charge in [0.05, 0.1) is 13.2 Å². The number of nitrogens with two attached hydrogens (primary N) is 1. The zero-order valence-electron chi connectivity index (χ0n) is 40.2. The Balaban J connectivity index is 4.15. The first-order valence-electron chi connectivity index (χ1n) is 26.1. The summed E-state index contributed by atoms with van der Waals surface area (Å²) in [5, 5.41) is 8.92. The minimum Gasteiger partial charge on any atom is -0.480 e. The summed E-state index contributed by atoms with van der Waals surface area (Å²) in [7, 11) is -4.71. The van der Waals surface area contributed by atoms with Gasteiger partial charge in [0, 0.05) is 12.8 Å². The van der Waals surface area contributed by atoms with E-state index in [0.717, 1.165) is 38.5 Å². The highest BCUT2D eigenvalue weighted by Crippen LogP contribution is 2.43. The molecule has 3 unspecified atom stereocenters. The van der Waals surface area contributed by atoms with Gasteiger partial charge >= 0.3 is 25.7 Å². The lowest BCUT2D eigenvalue weighted by molar-refractivity contribution is -0.161. The predicted molar refractivity (Wildman–Crippen MR) is 254 cm³/mol. The summed E-state index contributed by atoms with van der Waals surface area (Å²) in [6.07, 6.45) is 47.4. The van der Waals surface area contributed by atoms with Gasteiger partial charge in [0.25, 0.3) is 0 Å². The van der Waals surface area contributed by atoms with Crippen LogP contribution in [0.4, 0.5) is 0 Å². The second-order valence-corrected chi connectivity index (χ2v) is 19.5. The van der Waals surface area contributed by atoms with Gasteiger partial charge in [-0.25, -0.2) is 4.57 Å². The van der Waals surface area contributed by atoms with Gasteiger partial charge in [-0.1, -0.05) is 245 Å². The minimum absolute atomic E-state index is 0.170. The Kier molecular flexibility index (Phi) is 44.9. The lowest BCUT2D eigenvalue weighted by atomic mass is 10.0. The molecule has 0 heterocycles. The molecule has 0 aromatic rings. The van der Waals surface area contributed by atoms with Crippen molar-refractivity contribution in [2.45, 2.75) is 283 Å². The van der Waals surface area contributed by atoms with Crippen LogP contribution in [0.5, 0.6) is 0 Å². The second kappa shape index (κ2) is 46.0. The molecule has 368 valence electrons. The molecule has 0 saturated heterocycles. The van der Waals surface area contributed by atoms with Crippen LogP contribution in [0.3, 0.4) is 0 Å². The van der Waals surface area contributed by atoms with Crippen LogP contribution in [-0.4, -0.2) is 59.9 Å². The van der Waals surface area contributed by atoms with Crippen molar-refractivity contribution >= 4 is 25.7 Å². The van der Waals surface area contributed by atoms with Crippen molar-refractivity contribution in [3.63, 3.8) is 0 Å². The van der Waals surface area contributed by atoms with Crippen molar-refractivity contribution in [2.75, 3.05) is 19.8 Å². The minimum atomic E-state index is -4.71. The van der Waals surface area contributed by atoms with Gasteiger partial charge < -0.3 is 25.2 Å². The Morgan fingerprint density at radius 1 is 0.435 bits per heavy atom. The lowest BCUT2D eigenvalue weighted by Gasteiger charge is -2.20. The number of hydrogen-bond donors (Lipinski definition) is 3. The number of rotatable bonds is 50. The Morgan fingerprint density at radius 3 is 1.02 bits per heavy atom. The summed E-state index contributed by atoms with van der Waals surface area (Å²) in [6, 6.07) is -1.52. The van der Waals surface area contributed by atoms with E-state index in [1.807, 2.05) is 0 Å². The highest BCUT2D eigenvalue weighted by atomic mass is 31.2. The molecule has 0 saturated carbocycles. The molecular formula is C50H98NO10P. The quantitative estimate of drug-likeness (QED) is 0.0301. The third-order valence-corrected chi connectivity index (χ3v) is 12.8. The van der Waals surface area contributed by atoms with Crippen LogP contribution in [-0.2, 0) is 37.5 Å². The molecule has 0 rings (SSSR count). The van der Waals surface area contributed by atoms with Crippen LogP contribution in [0, 0.1) is 0 Å². The topological polar surface area (TPSA) is 172 Å². The van der Waals surface area contributed by atoms with E-state index in [9.17, 15) is 23.8 Å². The van der Waals surface area contributed by atoms with E-state index < -0.39 is 51.1 Å². The van der Waals surface area contributed by atoms with Crippen molar-refractivity contribution in [3.05, 3.63) is 0 Å². The summed E-state index contributed by atoms with van der Waals surface area (Å²) in [5.41, 5.74) is 5.35. The number of ether oxygens (including phenoxy) is 2. The van der Waals surface area contributed by atoms with Gasteiger partial charge in [-0.3, -0.25) is 23.4 Å². The number of aliphatic carboxylic acids is 1. The number of carboxylic acids is 1. The molecule has 0 spiro atoms. The number of unbranched alkanes of at least 4 members (excludes halogenated alkanes) is 36. The molecule has 0 aromatic carbocycles. The summed E-state index contributed by atoms with van der Waals surface area (Å²) in [5.74, 6) is -2.35. The Morgan fingerprint density at radius 2 is 0.710 bits per heavy atom. The zero-order valence-corrected chi connectivity index (χ0v) is 41.1. The standard InChI is InChI=1S/C50H98NO10P/c1-3-5-7-9-11-13-15-17-19-20-21-22-23-24-25-26-28-30-32-34-36-38-40-42-49(53)61-46(44-59-62(56,57)60-45-47(51)50(54)55)43-58-48(52)41-39-37-35-33-31-29-27-18-16-14-12-10-8-6-4-2/h46-47H,3-45,51H2,1-2H3,(H,54,55)(H,56,57). The maximum Gasteiger partial charge on any atom is 0.472 e. The van der Waals surface area contributed by atoms with Gasteiger partial charge in [0.2, 0.25) is 0 Å². The van der Waals surface area contributed by atoms with E-state index in [4.69, 9.17) is 24.8 Å². The maximum absolute atomic E-state index is 12.7. The van der Waals surface area contributed by atoms with E-state index in [0.29, 0.717) is 12.8 Å². The first-order valence-corrected chi connectivity index (χ1v) is 27.6. The van der Waals surface area contributed by atoms with E-state index in [1.54, 1.807) is 0 Å². The third-order valence-electron chi connectivity index (χ3n) is 11.9. The first kappa shape index (κ1) is 60.5. The number of esters is 2. The Labute approximate surface area is 380 Å². The fourth-order valence-corrected chi connectivity index (χ4v) is 8.55. The van der Waals surface area contributed by atoms with Crippen molar-refractivity contribution in [1.29, 1.82) is 0 Å².